The van der Waals surface area contributed by atoms with Crippen LogP contribution >= 0.6 is 0 Å². The van der Waals surface area contributed by atoms with Crippen LogP contribution in [0.2, 0.25) is 0 Å². The summed E-state index contributed by atoms with van der Waals surface area (Å²) >= 11 is 0. The number of hydrogen-bond acceptors (Lipinski definition) is 4. The van der Waals surface area contributed by atoms with Crippen LogP contribution in [-0.2, 0) is 11.2 Å². The second-order valence-corrected chi connectivity index (χ2v) is 11.0. The Balaban J connectivity index is 1.77. The third kappa shape index (κ3) is 5.37. The average molecular weight is 464 g/mol. The molecule has 0 aliphatic heterocycles. The maximum atomic E-state index is 11.4. The number of anilines is 2. The maximum absolute atomic E-state index is 11.4. The monoisotopic (exact) mass is 463 g/mol. The number of aromatic nitrogens is 2. The smallest absolute Gasteiger partial charge is 0.307 e. The van der Waals surface area contributed by atoms with E-state index < -0.39 is 5.97 Å². The third-order valence-corrected chi connectivity index (χ3v) is 6.70. The number of rotatable bonds is 7. The van der Waals surface area contributed by atoms with Gasteiger partial charge in [0.15, 0.2) is 0 Å². The predicted molar refractivity (Wildman–Crippen MR) is 137 cm³/mol. The number of imidazole rings is 1. The van der Waals surface area contributed by atoms with Gasteiger partial charge < -0.3 is 19.7 Å². The Kier molecular flexibility index (Phi) is 6.61. The molecule has 1 heterocycles. The fourth-order valence-electron chi connectivity index (χ4n) is 5.61. The van der Waals surface area contributed by atoms with Gasteiger partial charge in [0, 0.05) is 11.7 Å². The summed E-state index contributed by atoms with van der Waals surface area (Å²) in [6.45, 7) is 13.1. The lowest BCUT2D eigenvalue weighted by molar-refractivity contribution is -0.136. The van der Waals surface area contributed by atoms with Crippen LogP contribution < -0.4 is 10.1 Å². The number of hydrogen-bond donors (Lipinski definition) is 2. The van der Waals surface area contributed by atoms with Gasteiger partial charge in [-0.05, 0) is 98.9 Å². The Hall–Kier alpha value is -3.02. The van der Waals surface area contributed by atoms with Crippen LogP contribution in [0.4, 0.5) is 11.6 Å². The van der Waals surface area contributed by atoms with E-state index in [1.807, 2.05) is 51.1 Å². The third-order valence-electron chi connectivity index (χ3n) is 6.70. The van der Waals surface area contributed by atoms with Gasteiger partial charge in [0.2, 0.25) is 5.95 Å². The predicted octanol–water partition coefficient (Wildman–Crippen LogP) is 6.89. The second kappa shape index (κ2) is 9.32. The Labute approximate surface area is 202 Å². The van der Waals surface area contributed by atoms with Crippen molar-refractivity contribution in [1.29, 1.82) is 0 Å². The minimum Gasteiger partial charge on any atom is -0.491 e. The molecule has 182 valence electrons. The highest BCUT2D eigenvalue weighted by molar-refractivity contribution is 5.83. The number of carbonyl (C=O) groups is 1. The zero-order chi connectivity index (χ0) is 24.6. The van der Waals surface area contributed by atoms with Crippen molar-refractivity contribution >= 4 is 28.6 Å². The molecule has 34 heavy (non-hydrogen) atoms. The Morgan fingerprint density at radius 1 is 1.24 bits per heavy atom. The van der Waals surface area contributed by atoms with Gasteiger partial charge >= 0.3 is 5.97 Å². The highest BCUT2D eigenvalue weighted by Gasteiger charge is 2.34. The van der Waals surface area contributed by atoms with E-state index in [1.165, 1.54) is 6.42 Å². The largest absolute Gasteiger partial charge is 0.491 e. The summed E-state index contributed by atoms with van der Waals surface area (Å²) in [6, 6.07) is 12.3. The number of nitrogens with zero attached hydrogens (tertiary/aromatic N) is 2. The van der Waals surface area contributed by atoms with Crippen LogP contribution in [-0.4, -0.2) is 26.7 Å². The minimum absolute atomic E-state index is 0.00218. The number of fused-ring (bicyclic) bond motifs is 1. The molecule has 1 aromatic heterocycles. The first-order chi connectivity index (χ1) is 16.0. The molecule has 0 radical (unpaired) electrons. The molecule has 2 atom stereocenters. The van der Waals surface area contributed by atoms with Crippen LogP contribution in [0.15, 0.2) is 36.4 Å². The standard InChI is InChI=1S/C28H37N3O3/c1-17(2)34-23-9-7-21(8-10-23)29-27-30-24-13-20(14-26(32)33)19(4)12-25(24)31(27)22-11-18(3)15-28(5,6)16-22/h7-10,12-13,17-18,22H,11,14-16H2,1-6H3,(H,29,30)(H,32,33)/t18-,22-/m1/s1. The van der Waals surface area contributed by atoms with E-state index in [9.17, 15) is 9.90 Å². The molecule has 0 amide bonds. The van der Waals surface area contributed by atoms with Gasteiger partial charge in [0.1, 0.15) is 5.75 Å². The van der Waals surface area contributed by atoms with Crippen molar-refractivity contribution in [2.45, 2.75) is 79.4 Å². The number of benzene rings is 2. The van der Waals surface area contributed by atoms with E-state index in [1.54, 1.807) is 0 Å². The first-order valence-electron chi connectivity index (χ1n) is 12.3. The summed E-state index contributed by atoms with van der Waals surface area (Å²) < 4.78 is 8.13. The van der Waals surface area contributed by atoms with Gasteiger partial charge in [-0.3, -0.25) is 4.79 Å². The summed E-state index contributed by atoms with van der Waals surface area (Å²) in [5.41, 5.74) is 4.89. The molecule has 0 saturated heterocycles. The zero-order valence-corrected chi connectivity index (χ0v) is 21.2. The SMILES string of the molecule is Cc1cc2c(cc1CC(=O)O)nc(Nc1ccc(OC(C)C)cc1)n2[C@@H]1C[C@@H](C)CC(C)(C)C1. The molecule has 2 aromatic carbocycles. The molecule has 0 unspecified atom stereocenters. The number of carboxylic acids is 1. The molecule has 1 aliphatic carbocycles. The summed E-state index contributed by atoms with van der Waals surface area (Å²) in [7, 11) is 0. The summed E-state index contributed by atoms with van der Waals surface area (Å²) in [5.74, 6) is 1.44. The van der Waals surface area contributed by atoms with Crippen molar-refractivity contribution in [2.75, 3.05) is 5.32 Å². The second-order valence-electron chi connectivity index (χ2n) is 11.0. The fourth-order valence-corrected chi connectivity index (χ4v) is 5.61. The van der Waals surface area contributed by atoms with Crippen LogP contribution in [0, 0.1) is 18.3 Å². The average Bonchev–Trinajstić information content (AvgIpc) is 3.04. The Morgan fingerprint density at radius 3 is 2.56 bits per heavy atom. The van der Waals surface area contributed by atoms with Crippen molar-refractivity contribution in [1.82, 2.24) is 9.55 Å². The molecular weight excluding hydrogens is 426 g/mol. The number of nitrogens with one attached hydrogen (secondary N) is 1. The van der Waals surface area contributed by atoms with Crippen molar-refractivity contribution in [3.8, 4) is 5.75 Å². The number of carboxylic acid groups (broad SMARTS) is 1. The molecule has 0 bridgehead atoms. The molecule has 6 nitrogen and oxygen atoms in total. The summed E-state index contributed by atoms with van der Waals surface area (Å²) in [4.78, 5) is 16.3. The van der Waals surface area contributed by atoms with Crippen molar-refractivity contribution in [3.05, 3.63) is 47.5 Å². The van der Waals surface area contributed by atoms with Crippen molar-refractivity contribution in [2.24, 2.45) is 11.3 Å². The van der Waals surface area contributed by atoms with Gasteiger partial charge in [0.25, 0.3) is 0 Å². The highest BCUT2D eigenvalue weighted by atomic mass is 16.5. The first-order valence-corrected chi connectivity index (χ1v) is 12.3. The lowest BCUT2D eigenvalue weighted by Crippen LogP contribution is -2.29. The van der Waals surface area contributed by atoms with E-state index in [-0.39, 0.29) is 17.9 Å². The van der Waals surface area contributed by atoms with Gasteiger partial charge in [-0.25, -0.2) is 4.98 Å². The lowest BCUT2D eigenvalue weighted by Gasteiger charge is -2.40. The first kappa shape index (κ1) is 24.1. The van der Waals surface area contributed by atoms with Gasteiger partial charge in [0.05, 0.1) is 23.6 Å². The number of ether oxygens (including phenoxy) is 1. The maximum Gasteiger partial charge on any atom is 0.307 e. The fraction of sp³-hybridized carbons (Fsp3) is 0.500. The van der Waals surface area contributed by atoms with E-state index >= 15 is 0 Å². The van der Waals surface area contributed by atoms with Gasteiger partial charge in [-0.15, -0.1) is 0 Å². The van der Waals surface area contributed by atoms with Crippen molar-refractivity contribution < 1.29 is 14.6 Å². The van der Waals surface area contributed by atoms with Gasteiger partial charge in [-0.1, -0.05) is 20.8 Å². The van der Waals surface area contributed by atoms with E-state index in [2.05, 4.69) is 36.7 Å². The summed E-state index contributed by atoms with van der Waals surface area (Å²) in [6.07, 6.45) is 3.53. The van der Waals surface area contributed by atoms with Gasteiger partial charge in [-0.2, -0.15) is 0 Å². The Bertz CT molecular complexity index is 1180. The topological polar surface area (TPSA) is 76.4 Å². The van der Waals surface area contributed by atoms with E-state index in [0.717, 1.165) is 52.4 Å². The highest BCUT2D eigenvalue weighted by Crippen LogP contribution is 2.46. The van der Waals surface area contributed by atoms with Crippen LogP contribution in [0.3, 0.4) is 0 Å². The normalized spacial score (nSPS) is 20.0. The summed E-state index contributed by atoms with van der Waals surface area (Å²) in [5, 5.41) is 12.9. The van der Waals surface area contributed by atoms with E-state index in [0.29, 0.717) is 12.0 Å². The Morgan fingerprint density at radius 2 is 1.94 bits per heavy atom. The van der Waals surface area contributed by atoms with Crippen molar-refractivity contribution in [3.63, 3.8) is 0 Å². The lowest BCUT2D eigenvalue weighted by atomic mass is 9.70. The molecule has 2 N–H and O–H groups in total. The number of aliphatic carboxylic acids is 1. The molecule has 1 aliphatic rings. The zero-order valence-electron chi connectivity index (χ0n) is 21.2. The van der Waals surface area contributed by atoms with Crippen LogP contribution in [0.1, 0.15) is 71.0 Å². The molecule has 3 aromatic rings. The van der Waals surface area contributed by atoms with E-state index in [4.69, 9.17) is 9.72 Å². The minimum atomic E-state index is -0.827. The molecule has 1 saturated carbocycles. The number of aryl methyl sites for hydroxylation is 1. The quantitative estimate of drug-likeness (QED) is 0.399. The molecule has 4 rings (SSSR count). The molecule has 0 spiro atoms. The molecule has 6 heteroatoms. The molecule has 1 fully saturated rings. The van der Waals surface area contributed by atoms with Crippen LogP contribution in [0.5, 0.6) is 5.75 Å². The van der Waals surface area contributed by atoms with Crippen LogP contribution in [0.25, 0.3) is 11.0 Å². The molecular formula is C28H37N3O3.